The Hall–Kier alpha value is -2.40. The largest absolute Gasteiger partial charge is 0.357 e. The monoisotopic (exact) mass is 267 g/mol. The van der Waals surface area contributed by atoms with Crippen molar-refractivity contribution in [2.75, 3.05) is 12.4 Å². The molecule has 5 heteroatoms. The lowest BCUT2D eigenvalue weighted by Gasteiger charge is -2.07. The summed E-state index contributed by atoms with van der Waals surface area (Å²) in [5, 5.41) is 7.60. The standard InChI is InChI=1S/C15H17N5/c1-10-15(11-5-3-4-6-12(11)18-10)20-13-7-8-17-14(19-13)9-16-2/h3-8,16,18H,9H2,1-2H3,(H,17,19,20). The molecule has 3 rings (SSSR count). The molecule has 0 saturated carbocycles. The summed E-state index contributed by atoms with van der Waals surface area (Å²) in [6.45, 7) is 2.71. The summed E-state index contributed by atoms with van der Waals surface area (Å²) >= 11 is 0. The molecule has 0 aliphatic rings. The molecule has 20 heavy (non-hydrogen) atoms. The van der Waals surface area contributed by atoms with Crippen LogP contribution in [0, 0.1) is 6.92 Å². The van der Waals surface area contributed by atoms with E-state index >= 15 is 0 Å². The Morgan fingerprint density at radius 1 is 1.20 bits per heavy atom. The number of anilines is 2. The molecular weight excluding hydrogens is 250 g/mol. The third-order valence-corrected chi connectivity index (χ3v) is 3.19. The smallest absolute Gasteiger partial charge is 0.144 e. The number of rotatable bonds is 4. The minimum Gasteiger partial charge on any atom is -0.357 e. The number of H-pyrrole nitrogens is 1. The first kappa shape index (κ1) is 12.6. The van der Waals surface area contributed by atoms with Gasteiger partial charge in [0.05, 0.1) is 12.2 Å². The molecule has 0 fully saturated rings. The van der Waals surface area contributed by atoms with Crippen LogP contribution in [0.4, 0.5) is 11.5 Å². The van der Waals surface area contributed by atoms with Crippen molar-refractivity contribution in [1.82, 2.24) is 20.3 Å². The van der Waals surface area contributed by atoms with Crippen LogP contribution in [0.3, 0.4) is 0 Å². The molecule has 0 aliphatic carbocycles. The zero-order valence-corrected chi connectivity index (χ0v) is 11.6. The van der Waals surface area contributed by atoms with Gasteiger partial charge in [0, 0.05) is 22.8 Å². The molecule has 0 bridgehead atoms. The van der Waals surface area contributed by atoms with E-state index in [1.54, 1.807) is 6.20 Å². The van der Waals surface area contributed by atoms with E-state index in [4.69, 9.17) is 0 Å². The van der Waals surface area contributed by atoms with Gasteiger partial charge in [-0.3, -0.25) is 0 Å². The molecule has 0 saturated heterocycles. The Bertz CT molecular complexity index is 732. The fraction of sp³-hybridized carbons (Fsp3) is 0.200. The molecule has 0 amide bonds. The normalized spacial score (nSPS) is 10.9. The second kappa shape index (κ2) is 5.30. The van der Waals surface area contributed by atoms with Crippen molar-refractivity contribution in [1.29, 1.82) is 0 Å². The van der Waals surface area contributed by atoms with Crippen molar-refractivity contribution in [3.8, 4) is 0 Å². The number of benzene rings is 1. The summed E-state index contributed by atoms with van der Waals surface area (Å²) in [5.41, 5.74) is 3.28. The highest BCUT2D eigenvalue weighted by atomic mass is 15.1. The predicted octanol–water partition coefficient (Wildman–Crippen LogP) is 2.73. The van der Waals surface area contributed by atoms with Crippen LogP contribution in [-0.2, 0) is 6.54 Å². The Morgan fingerprint density at radius 2 is 2.05 bits per heavy atom. The van der Waals surface area contributed by atoms with E-state index in [9.17, 15) is 0 Å². The van der Waals surface area contributed by atoms with Gasteiger partial charge in [0.2, 0.25) is 0 Å². The molecule has 3 aromatic rings. The topological polar surface area (TPSA) is 65.6 Å². The van der Waals surface area contributed by atoms with Crippen molar-refractivity contribution in [2.24, 2.45) is 0 Å². The summed E-state index contributed by atoms with van der Waals surface area (Å²) in [6.07, 6.45) is 1.77. The Balaban J connectivity index is 1.96. The van der Waals surface area contributed by atoms with Crippen molar-refractivity contribution < 1.29 is 0 Å². The van der Waals surface area contributed by atoms with Crippen molar-refractivity contribution >= 4 is 22.4 Å². The number of aromatic amines is 1. The molecule has 5 nitrogen and oxygen atoms in total. The zero-order valence-electron chi connectivity index (χ0n) is 11.6. The van der Waals surface area contributed by atoms with E-state index in [0.717, 1.165) is 28.5 Å². The summed E-state index contributed by atoms with van der Waals surface area (Å²) in [4.78, 5) is 12.1. The number of hydrogen-bond donors (Lipinski definition) is 3. The lowest BCUT2D eigenvalue weighted by Crippen LogP contribution is -2.09. The van der Waals surface area contributed by atoms with Gasteiger partial charge in [-0.15, -0.1) is 0 Å². The summed E-state index contributed by atoms with van der Waals surface area (Å²) in [6, 6.07) is 10.1. The maximum absolute atomic E-state index is 4.49. The van der Waals surface area contributed by atoms with Gasteiger partial charge in [0.25, 0.3) is 0 Å². The first-order chi connectivity index (χ1) is 9.78. The minimum atomic E-state index is 0.655. The number of nitrogens with one attached hydrogen (secondary N) is 3. The SMILES string of the molecule is CNCc1nccc(Nc2c(C)[nH]c3ccccc23)n1. The lowest BCUT2D eigenvalue weighted by atomic mass is 10.2. The second-order valence-electron chi connectivity index (χ2n) is 4.68. The predicted molar refractivity (Wildman–Crippen MR) is 81.1 cm³/mol. The molecule has 0 radical (unpaired) electrons. The molecule has 0 unspecified atom stereocenters. The van der Waals surface area contributed by atoms with Crippen LogP contribution in [0.25, 0.3) is 10.9 Å². The first-order valence-electron chi connectivity index (χ1n) is 6.59. The molecule has 0 aliphatic heterocycles. The van der Waals surface area contributed by atoms with Crippen LogP contribution < -0.4 is 10.6 Å². The van der Waals surface area contributed by atoms with Crippen molar-refractivity contribution in [3.63, 3.8) is 0 Å². The van der Waals surface area contributed by atoms with Crippen molar-refractivity contribution in [3.05, 3.63) is 48.0 Å². The van der Waals surface area contributed by atoms with Gasteiger partial charge < -0.3 is 15.6 Å². The van der Waals surface area contributed by atoms with Crippen LogP contribution in [0.2, 0.25) is 0 Å². The third-order valence-electron chi connectivity index (χ3n) is 3.19. The molecule has 1 aromatic carbocycles. The van der Waals surface area contributed by atoms with Crippen LogP contribution >= 0.6 is 0 Å². The quantitative estimate of drug-likeness (QED) is 0.680. The van der Waals surface area contributed by atoms with E-state index < -0.39 is 0 Å². The lowest BCUT2D eigenvalue weighted by molar-refractivity contribution is 0.759. The van der Waals surface area contributed by atoms with Crippen LogP contribution in [-0.4, -0.2) is 22.0 Å². The Labute approximate surface area is 117 Å². The molecule has 2 heterocycles. The van der Waals surface area contributed by atoms with Gasteiger partial charge in [0.15, 0.2) is 0 Å². The van der Waals surface area contributed by atoms with Gasteiger partial charge in [-0.05, 0) is 26.1 Å². The first-order valence-corrected chi connectivity index (χ1v) is 6.59. The maximum Gasteiger partial charge on any atom is 0.144 e. The average Bonchev–Trinajstić information content (AvgIpc) is 2.76. The number of aryl methyl sites for hydroxylation is 1. The van der Waals surface area contributed by atoms with Crippen LogP contribution in [0.1, 0.15) is 11.5 Å². The summed E-state index contributed by atoms with van der Waals surface area (Å²) < 4.78 is 0. The fourth-order valence-corrected chi connectivity index (χ4v) is 2.28. The van der Waals surface area contributed by atoms with Gasteiger partial charge in [-0.2, -0.15) is 0 Å². The zero-order chi connectivity index (χ0) is 13.9. The number of para-hydroxylation sites is 1. The molecule has 102 valence electrons. The van der Waals surface area contributed by atoms with Gasteiger partial charge in [-0.1, -0.05) is 18.2 Å². The Morgan fingerprint density at radius 3 is 2.90 bits per heavy atom. The average molecular weight is 267 g/mol. The maximum atomic E-state index is 4.49. The Kier molecular flexibility index (Phi) is 3.35. The highest BCUT2D eigenvalue weighted by molar-refractivity contribution is 5.95. The minimum absolute atomic E-state index is 0.655. The van der Waals surface area contributed by atoms with E-state index in [2.05, 4.69) is 44.6 Å². The van der Waals surface area contributed by atoms with Gasteiger partial charge >= 0.3 is 0 Å². The third kappa shape index (κ3) is 2.35. The number of nitrogens with zero attached hydrogens (tertiary/aromatic N) is 2. The van der Waals surface area contributed by atoms with Gasteiger partial charge in [-0.25, -0.2) is 9.97 Å². The van der Waals surface area contributed by atoms with E-state index in [0.29, 0.717) is 6.54 Å². The number of hydrogen-bond acceptors (Lipinski definition) is 4. The summed E-state index contributed by atoms with van der Waals surface area (Å²) in [5.74, 6) is 1.58. The van der Waals surface area contributed by atoms with Gasteiger partial charge in [0.1, 0.15) is 11.6 Å². The highest BCUT2D eigenvalue weighted by Crippen LogP contribution is 2.29. The molecule has 0 spiro atoms. The summed E-state index contributed by atoms with van der Waals surface area (Å²) in [7, 11) is 1.88. The number of aromatic nitrogens is 3. The van der Waals surface area contributed by atoms with Crippen molar-refractivity contribution in [2.45, 2.75) is 13.5 Å². The molecule has 2 aromatic heterocycles. The van der Waals surface area contributed by atoms with E-state index in [1.807, 2.05) is 25.2 Å². The van der Waals surface area contributed by atoms with Crippen LogP contribution in [0.15, 0.2) is 36.5 Å². The molecule has 3 N–H and O–H groups in total. The van der Waals surface area contributed by atoms with Crippen LogP contribution in [0.5, 0.6) is 0 Å². The molecule has 0 atom stereocenters. The molecular formula is C15H17N5. The van der Waals surface area contributed by atoms with E-state index in [-0.39, 0.29) is 0 Å². The van der Waals surface area contributed by atoms with E-state index in [1.165, 1.54) is 5.39 Å². The fourth-order valence-electron chi connectivity index (χ4n) is 2.28. The second-order valence-corrected chi connectivity index (χ2v) is 4.68. The highest BCUT2D eigenvalue weighted by Gasteiger charge is 2.08. The number of fused-ring (bicyclic) bond motifs is 1.